The van der Waals surface area contributed by atoms with Crippen molar-refractivity contribution < 1.29 is 9.18 Å². The number of aromatic nitrogens is 1. The lowest BCUT2D eigenvalue weighted by Gasteiger charge is -2.02. The van der Waals surface area contributed by atoms with Crippen LogP contribution in [-0.4, -0.2) is 10.8 Å². The molecule has 0 amide bonds. The van der Waals surface area contributed by atoms with Gasteiger partial charge in [-0.1, -0.05) is 29.8 Å². The Morgan fingerprint density at radius 2 is 2.05 bits per heavy atom. The van der Waals surface area contributed by atoms with Crippen LogP contribution in [0.25, 0.3) is 21.9 Å². The summed E-state index contributed by atoms with van der Waals surface area (Å²) in [6.45, 7) is 1.48. The molecule has 0 aliphatic carbocycles. The number of carbonyl (C=O) groups excluding carboxylic acids is 1. The van der Waals surface area contributed by atoms with Crippen LogP contribution < -0.4 is 0 Å². The van der Waals surface area contributed by atoms with Gasteiger partial charge in [0.25, 0.3) is 0 Å². The normalized spacial score (nSPS) is 11.9. The summed E-state index contributed by atoms with van der Waals surface area (Å²) in [6.07, 6.45) is 1.65. The van der Waals surface area contributed by atoms with Crippen LogP contribution in [0.5, 0.6) is 0 Å². The molecule has 0 fully saturated rings. The summed E-state index contributed by atoms with van der Waals surface area (Å²) in [5, 5.41) is 0.897. The summed E-state index contributed by atoms with van der Waals surface area (Å²) in [4.78, 5) is 16.5. The van der Waals surface area contributed by atoms with Crippen molar-refractivity contribution in [2.24, 2.45) is 0 Å². The van der Waals surface area contributed by atoms with Crippen molar-refractivity contribution in [3.63, 3.8) is 0 Å². The van der Waals surface area contributed by atoms with Crippen LogP contribution in [0.4, 0.5) is 4.39 Å². The molecule has 0 atom stereocenters. The van der Waals surface area contributed by atoms with E-state index in [4.69, 9.17) is 11.6 Å². The van der Waals surface area contributed by atoms with E-state index in [1.54, 1.807) is 12.1 Å². The predicted molar refractivity (Wildman–Crippen MR) is 89.6 cm³/mol. The summed E-state index contributed by atoms with van der Waals surface area (Å²) in [6, 6.07) is 11.8. The Morgan fingerprint density at radius 1 is 1.27 bits per heavy atom. The Labute approximate surface area is 135 Å². The van der Waals surface area contributed by atoms with Gasteiger partial charge in [0.2, 0.25) is 0 Å². The summed E-state index contributed by atoms with van der Waals surface area (Å²) >= 11 is 7.48. The van der Waals surface area contributed by atoms with E-state index >= 15 is 0 Å². The quantitative estimate of drug-likeness (QED) is 0.616. The molecule has 0 saturated carbocycles. The maximum Gasteiger partial charge on any atom is 0.162 e. The molecule has 2 nitrogen and oxygen atoms in total. The van der Waals surface area contributed by atoms with E-state index in [0.29, 0.717) is 16.1 Å². The zero-order valence-electron chi connectivity index (χ0n) is 11.6. The summed E-state index contributed by atoms with van der Waals surface area (Å²) in [5.74, 6) is -0.522. The highest BCUT2D eigenvalue weighted by molar-refractivity contribution is 7.19. The van der Waals surface area contributed by atoms with Crippen molar-refractivity contribution in [3.8, 4) is 0 Å². The van der Waals surface area contributed by atoms with Gasteiger partial charge in [0.1, 0.15) is 10.8 Å². The Morgan fingerprint density at radius 3 is 2.73 bits per heavy atom. The standard InChI is InChI=1S/C17H11ClFNOS/c1-10(21)13(8-11-6-7-12(19)9-14(11)18)17-20-15-4-2-3-5-16(15)22-17/h2-9H,1H3/b13-8-. The van der Waals surface area contributed by atoms with Crippen LogP contribution in [0, 0.1) is 5.82 Å². The minimum absolute atomic E-state index is 0.112. The van der Waals surface area contributed by atoms with Crippen LogP contribution in [-0.2, 0) is 4.79 Å². The van der Waals surface area contributed by atoms with Gasteiger partial charge in [0, 0.05) is 0 Å². The number of hydrogen-bond donors (Lipinski definition) is 0. The Balaban J connectivity index is 2.13. The highest BCUT2D eigenvalue weighted by atomic mass is 35.5. The lowest BCUT2D eigenvalue weighted by Crippen LogP contribution is -1.95. The average molecular weight is 332 g/mol. The topological polar surface area (TPSA) is 30.0 Å². The molecule has 0 spiro atoms. The van der Waals surface area contributed by atoms with Crippen molar-refractivity contribution in [1.82, 2.24) is 4.98 Å². The van der Waals surface area contributed by atoms with Gasteiger partial charge in [-0.25, -0.2) is 9.37 Å². The molecular formula is C17H11ClFNOS. The third-order valence-electron chi connectivity index (χ3n) is 3.17. The van der Waals surface area contributed by atoms with Crippen molar-refractivity contribution in [1.29, 1.82) is 0 Å². The number of carbonyl (C=O) groups is 1. The lowest BCUT2D eigenvalue weighted by molar-refractivity contribution is -0.111. The highest BCUT2D eigenvalue weighted by Gasteiger charge is 2.14. The second kappa shape index (κ2) is 5.99. The maximum absolute atomic E-state index is 13.1. The van der Waals surface area contributed by atoms with Gasteiger partial charge in [0.15, 0.2) is 5.78 Å². The number of para-hydroxylation sites is 1. The van der Waals surface area contributed by atoms with E-state index in [1.807, 2.05) is 24.3 Å². The van der Waals surface area contributed by atoms with Crippen LogP contribution in [0.1, 0.15) is 17.5 Å². The SMILES string of the molecule is CC(=O)/C(=C/c1ccc(F)cc1Cl)c1nc2ccccc2s1. The molecule has 0 aliphatic heterocycles. The van der Waals surface area contributed by atoms with Gasteiger partial charge in [-0.2, -0.15) is 0 Å². The van der Waals surface area contributed by atoms with Gasteiger partial charge >= 0.3 is 0 Å². The number of rotatable bonds is 3. The molecule has 0 unspecified atom stereocenters. The molecule has 3 aromatic rings. The number of allylic oxidation sites excluding steroid dienone is 1. The molecule has 3 rings (SSSR count). The summed E-state index contributed by atoms with van der Waals surface area (Å²) in [7, 11) is 0. The number of nitrogens with zero attached hydrogens (tertiary/aromatic N) is 1. The number of ketones is 1. The second-order valence-corrected chi connectivity index (χ2v) is 6.20. The van der Waals surface area contributed by atoms with E-state index < -0.39 is 5.82 Å². The van der Waals surface area contributed by atoms with Crippen molar-refractivity contribution in [2.45, 2.75) is 6.92 Å². The number of fused-ring (bicyclic) bond motifs is 1. The van der Waals surface area contributed by atoms with Gasteiger partial charge in [-0.05, 0) is 42.8 Å². The largest absolute Gasteiger partial charge is 0.294 e. The van der Waals surface area contributed by atoms with Crippen LogP contribution in [0.3, 0.4) is 0 Å². The second-order valence-electron chi connectivity index (χ2n) is 4.77. The maximum atomic E-state index is 13.1. The Kier molecular flexibility index (Phi) is 4.05. The predicted octanol–water partition coefficient (Wildman–Crippen LogP) is 5.22. The van der Waals surface area contributed by atoms with Crippen LogP contribution >= 0.6 is 22.9 Å². The van der Waals surface area contributed by atoms with E-state index in [2.05, 4.69) is 4.98 Å². The van der Waals surface area contributed by atoms with E-state index in [-0.39, 0.29) is 10.8 Å². The molecule has 2 aromatic carbocycles. The van der Waals surface area contributed by atoms with Crippen LogP contribution in [0.15, 0.2) is 42.5 Å². The van der Waals surface area contributed by atoms with Crippen LogP contribution in [0.2, 0.25) is 5.02 Å². The van der Waals surface area contributed by atoms with Gasteiger partial charge < -0.3 is 0 Å². The first-order valence-electron chi connectivity index (χ1n) is 6.58. The fraction of sp³-hybridized carbons (Fsp3) is 0.0588. The number of thiazole rings is 1. The fourth-order valence-electron chi connectivity index (χ4n) is 2.08. The third-order valence-corrected chi connectivity index (χ3v) is 4.56. The number of hydrogen-bond acceptors (Lipinski definition) is 3. The number of benzene rings is 2. The monoisotopic (exact) mass is 331 g/mol. The average Bonchev–Trinajstić information content (AvgIpc) is 2.89. The summed E-state index contributed by atoms with van der Waals surface area (Å²) < 4.78 is 14.1. The van der Waals surface area contributed by atoms with Crippen molar-refractivity contribution in [2.75, 3.05) is 0 Å². The molecule has 0 saturated heterocycles. The number of halogens is 2. The third kappa shape index (κ3) is 2.93. The van der Waals surface area contributed by atoms with Gasteiger partial charge in [-0.15, -0.1) is 11.3 Å². The summed E-state index contributed by atoms with van der Waals surface area (Å²) in [5.41, 5.74) is 1.90. The molecule has 0 bridgehead atoms. The molecule has 1 aromatic heterocycles. The first kappa shape index (κ1) is 14.9. The molecule has 1 heterocycles. The molecule has 0 radical (unpaired) electrons. The molecule has 0 aliphatic rings. The Hall–Kier alpha value is -2.04. The zero-order valence-corrected chi connectivity index (χ0v) is 13.2. The van der Waals surface area contributed by atoms with Crippen molar-refractivity contribution in [3.05, 3.63) is 63.9 Å². The van der Waals surface area contributed by atoms with E-state index in [9.17, 15) is 9.18 Å². The first-order valence-corrected chi connectivity index (χ1v) is 7.77. The smallest absolute Gasteiger partial charge is 0.162 e. The first-order chi connectivity index (χ1) is 10.5. The van der Waals surface area contributed by atoms with E-state index in [0.717, 1.165) is 10.2 Å². The molecule has 0 N–H and O–H groups in total. The van der Waals surface area contributed by atoms with Gasteiger partial charge in [0.05, 0.1) is 20.8 Å². The van der Waals surface area contributed by atoms with E-state index in [1.165, 1.54) is 30.4 Å². The molecule has 22 heavy (non-hydrogen) atoms. The Bertz CT molecular complexity index is 868. The minimum Gasteiger partial charge on any atom is -0.294 e. The fourth-order valence-corrected chi connectivity index (χ4v) is 3.33. The lowest BCUT2D eigenvalue weighted by atomic mass is 10.1. The zero-order chi connectivity index (χ0) is 15.7. The van der Waals surface area contributed by atoms with Crippen molar-refractivity contribution >= 4 is 50.6 Å². The molecule has 5 heteroatoms. The number of Topliss-reactive ketones (excluding diaryl/α,β-unsaturated/α-hetero) is 1. The minimum atomic E-state index is -0.411. The highest BCUT2D eigenvalue weighted by Crippen LogP contribution is 2.30. The van der Waals surface area contributed by atoms with Gasteiger partial charge in [-0.3, -0.25) is 4.79 Å². The molecular weight excluding hydrogens is 321 g/mol. The molecule has 110 valence electrons.